The number of aromatic nitrogens is 4. The molecule has 0 bridgehead atoms. The first-order chi connectivity index (χ1) is 14.8. The molecule has 0 fully saturated rings. The molecule has 162 valence electrons. The maximum Gasteiger partial charge on any atom is 0.191 e. The van der Waals surface area contributed by atoms with Gasteiger partial charge in [0.2, 0.25) is 0 Å². The predicted molar refractivity (Wildman–Crippen MR) is 135 cm³/mol. The quantitative estimate of drug-likeness (QED) is 0.208. The van der Waals surface area contributed by atoms with Gasteiger partial charge in [0.1, 0.15) is 5.65 Å². The van der Waals surface area contributed by atoms with Gasteiger partial charge in [-0.3, -0.25) is 4.68 Å². The van der Waals surface area contributed by atoms with Gasteiger partial charge >= 0.3 is 0 Å². The molecule has 0 aliphatic heterocycles. The predicted octanol–water partition coefficient (Wildman–Crippen LogP) is 3.49. The van der Waals surface area contributed by atoms with E-state index in [0.717, 1.165) is 43.4 Å². The average Bonchev–Trinajstić information content (AvgIpc) is 3.42. The van der Waals surface area contributed by atoms with Crippen molar-refractivity contribution >= 4 is 35.6 Å². The second kappa shape index (κ2) is 11.5. The monoisotopic (exact) mass is 529 g/mol. The van der Waals surface area contributed by atoms with Gasteiger partial charge in [0.25, 0.3) is 0 Å². The molecule has 0 amide bonds. The third-order valence-corrected chi connectivity index (χ3v) is 4.85. The molecule has 0 saturated heterocycles. The van der Waals surface area contributed by atoms with Crippen LogP contribution in [0.25, 0.3) is 5.65 Å². The molecule has 0 radical (unpaired) electrons. The Morgan fingerprint density at radius 1 is 1.00 bits per heavy atom. The van der Waals surface area contributed by atoms with Crippen LogP contribution in [0, 0.1) is 0 Å². The highest BCUT2D eigenvalue weighted by Gasteiger charge is 2.05. The number of halogens is 1. The third-order valence-electron chi connectivity index (χ3n) is 4.85. The molecule has 0 aliphatic rings. The number of fused-ring (bicyclic) bond motifs is 1. The SMILES string of the molecule is CCNC(=NCc1ccccc1Cn1cccn1)NCCc1cn2ccccc2n1.I. The lowest BCUT2D eigenvalue weighted by Crippen LogP contribution is -2.38. The molecule has 0 atom stereocenters. The molecule has 2 N–H and O–H groups in total. The van der Waals surface area contributed by atoms with Crippen LogP contribution in [0.15, 0.2) is 78.3 Å². The van der Waals surface area contributed by atoms with Crippen LogP contribution in [0.4, 0.5) is 0 Å². The fourth-order valence-electron chi connectivity index (χ4n) is 3.36. The summed E-state index contributed by atoms with van der Waals surface area (Å²) in [5.41, 5.74) is 4.46. The van der Waals surface area contributed by atoms with Gasteiger partial charge in [-0.2, -0.15) is 5.10 Å². The molecule has 0 spiro atoms. The number of nitrogens with zero attached hydrogens (tertiary/aromatic N) is 5. The first-order valence-corrected chi connectivity index (χ1v) is 10.3. The average molecular weight is 529 g/mol. The highest BCUT2D eigenvalue weighted by Crippen LogP contribution is 2.12. The number of guanidine groups is 1. The number of imidazole rings is 1. The van der Waals surface area contributed by atoms with E-state index in [-0.39, 0.29) is 24.0 Å². The van der Waals surface area contributed by atoms with Crippen molar-refractivity contribution in [2.45, 2.75) is 26.4 Å². The molecule has 4 rings (SSSR count). The van der Waals surface area contributed by atoms with Gasteiger partial charge in [-0.1, -0.05) is 30.3 Å². The van der Waals surface area contributed by atoms with Crippen LogP contribution < -0.4 is 10.6 Å². The molecular formula is C23H28IN7. The molecular weight excluding hydrogens is 501 g/mol. The lowest BCUT2D eigenvalue weighted by Gasteiger charge is -2.12. The van der Waals surface area contributed by atoms with Crippen molar-refractivity contribution in [1.82, 2.24) is 29.8 Å². The normalized spacial score (nSPS) is 11.3. The van der Waals surface area contributed by atoms with Crippen LogP contribution in [0.3, 0.4) is 0 Å². The fourth-order valence-corrected chi connectivity index (χ4v) is 3.36. The third kappa shape index (κ3) is 6.30. The number of rotatable bonds is 8. The van der Waals surface area contributed by atoms with E-state index in [0.29, 0.717) is 6.54 Å². The van der Waals surface area contributed by atoms with Gasteiger partial charge in [-0.15, -0.1) is 24.0 Å². The van der Waals surface area contributed by atoms with E-state index < -0.39 is 0 Å². The molecule has 3 heterocycles. The minimum absolute atomic E-state index is 0. The highest BCUT2D eigenvalue weighted by molar-refractivity contribution is 14.0. The van der Waals surface area contributed by atoms with E-state index >= 15 is 0 Å². The van der Waals surface area contributed by atoms with Crippen LogP contribution >= 0.6 is 24.0 Å². The van der Waals surface area contributed by atoms with E-state index in [1.54, 1.807) is 6.20 Å². The van der Waals surface area contributed by atoms with Crippen LogP contribution in [0.2, 0.25) is 0 Å². The van der Waals surface area contributed by atoms with Crippen molar-refractivity contribution in [3.05, 3.63) is 90.1 Å². The van der Waals surface area contributed by atoms with Gasteiger partial charge in [-0.05, 0) is 36.2 Å². The Hall–Kier alpha value is -2.88. The summed E-state index contributed by atoms with van der Waals surface area (Å²) < 4.78 is 3.98. The topological polar surface area (TPSA) is 71.5 Å². The molecule has 31 heavy (non-hydrogen) atoms. The van der Waals surface area contributed by atoms with Gasteiger partial charge in [0.15, 0.2) is 5.96 Å². The van der Waals surface area contributed by atoms with E-state index in [9.17, 15) is 0 Å². The Morgan fingerprint density at radius 3 is 2.61 bits per heavy atom. The van der Waals surface area contributed by atoms with Gasteiger partial charge in [0, 0.05) is 44.3 Å². The van der Waals surface area contributed by atoms with Crippen molar-refractivity contribution in [3.63, 3.8) is 0 Å². The maximum absolute atomic E-state index is 4.79. The number of pyridine rings is 1. The minimum Gasteiger partial charge on any atom is -0.357 e. The van der Waals surface area contributed by atoms with Crippen molar-refractivity contribution in [2.75, 3.05) is 13.1 Å². The standard InChI is InChI=1S/C23H27N7.HI/c1-2-24-23(25-13-11-21-18-29-14-6-5-10-22(29)28-21)26-16-19-8-3-4-9-20(19)17-30-15-7-12-27-30;/h3-10,12,14-15,18H,2,11,13,16-17H2,1H3,(H2,24,25,26);1H. The second-order valence-electron chi connectivity index (χ2n) is 7.04. The van der Waals surface area contributed by atoms with Crippen molar-refractivity contribution in [3.8, 4) is 0 Å². The number of benzene rings is 1. The summed E-state index contributed by atoms with van der Waals surface area (Å²) in [6.07, 6.45) is 8.71. The molecule has 0 unspecified atom stereocenters. The Morgan fingerprint density at radius 2 is 1.84 bits per heavy atom. The molecule has 0 aliphatic carbocycles. The number of hydrogen-bond acceptors (Lipinski definition) is 3. The van der Waals surface area contributed by atoms with E-state index in [1.165, 1.54) is 11.1 Å². The van der Waals surface area contributed by atoms with Crippen molar-refractivity contribution in [2.24, 2.45) is 4.99 Å². The zero-order chi connectivity index (χ0) is 20.6. The Kier molecular flexibility index (Phi) is 8.45. The second-order valence-corrected chi connectivity index (χ2v) is 7.04. The summed E-state index contributed by atoms with van der Waals surface area (Å²) in [5.74, 6) is 0.815. The number of nitrogens with one attached hydrogen (secondary N) is 2. The number of hydrogen-bond donors (Lipinski definition) is 2. The van der Waals surface area contributed by atoms with Gasteiger partial charge in [0.05, 0.1) is 18.8 Å². The van der Waals surface area contributed by atoms with Crippen LogP contribution in [0.1, 0.15) is 23.7 Å². The molecule has 7 nitrogen and oxygen atoms in total. The zero-order valence-electron chi connectivity index (χ0n) is 17.6. The number of aliphatic imine (C=N–C) groups is 1. The lowest BCUT2D eigenvalue weighted by atomic mass is 10.1. The summed E-state index contributed by atoms with van der Waals surface area (Å²) in [6, 6.07) is 16.4. The van der Waals surface area contributed by atoms with Crippen LogP contribution in [-0.2, 0) is 19.5 Å². The first-order valence-electron chi connectivity index (χ1n) is 10.3. The Labute approximate surface area is 199 Å². The molecule has 4 aromatic rings. The molecule has 3 aromatic heterocycles. The van der Waals surface area contributed by atoms with E-state index in [2.05, 4.69) is 58.1 Å². The summed E-state index contributed by atoms with van der Waals surface area (Å²) in [7, 11) is 0. The fraction of sp³-hybridized carbons (Fsp3) is 0.261. The minimum atomic E-state index is 0. The molecule has 8 heteroatoms. The van der Waals surface area contributed by atoms with E-state index in [4.69, 9.17) is 4.99 Å². The lowest BCUT2D eigenvalue weighted by molar-refractivity contribution is 0.680. The Bertz CT molecular complexity index is 1070. The highest BCUT2D eigenvalue weighted by atomic mass is 127. The summed E-state index contributed by atoms with van der Waals surface area (Å²) >= 11 is 0. The largest absolute Gasteiger partial charge is 0.357 e. The summed E-state index contributed by atoms with van der Waals surface area (Å²) in [4.78, 5) is 9.44. The van der Waals surface area contributed by atoms with Gasteiger partial charge < -0.3 is 15.0 Å². The zero-order valence-corrected chi connectivity index (χ0v) is 19.9. The smallest absolute Gasteiger partial charge is 0.191 e. The van der Waals surface area contributed by atoms with Crippen LogP contribution in [-0.4, -0.2) is 38.2 Å². The first kappa shape index (κ1) is 22.8. The van der Waals surface area contributed by atoms with E-state index in [1.807, 2.05) is 45.7 Å². The molecule has 0 saturated carbocycles. The summed E-state index contributed by atoms with van der Waals surface area (Å²) in [6.45, 7) is 5.02. The van der Waals surface area contributed by atoms with Crippen LogP contribution in [0.5, 0.6) is 0 Å². The Balaban J connectivity index is 0.00000272. The molecule has 1 aromatic carbocycles. The van der Waals surface area contributed by atoms with Gasteiger partial charge in [-0.25, -0.2) is 9.98 Å². The van der Waals surface area contributed by atoms with Crippen molar-refractivity contribution in [1.29, 1.82) is 0 Å². The van der Waals surface area contributed by atoms with Crippen molar-refractivity contribution < 1.29 is 0 Å². The maximum atomic E-state index is 4.79. The summed E-state index contributed by atoms with van der Waals surface area (Å²) in [5, 5.41) is 11.1.